The van der Waals surface area contributed by atoms with Crippen molar-refractivity contribution < 1.29 is 9.53 Å². The lowest BCUT2D eigenvalue weighted by Gasteiger charge is -2.32. The van der Waals surface area contributed by atoms with Crippen LogP contribution < -0.4 is 0 Å². The van der Waals surface area contributed by atoms with Gasteiger partial charge in [0.15, 0.2) is 0 Å². The lowest BCUT2D eigenvalue weighted by molar-refractivity contribution is 0.0658. The van der Waals surface area contributed by atoms with Crippen molar-refractivity contribution in [2.45, 2.75) is 44.4 Å². The summed E-state index contributed by atoms with van der Waals surface area (Å²) in [6.07, 6.45) is 4.68. The first kappa shape index (κ1) is 14.9. The number of rotatable bonds is 4. The van der Waals surface area contributed by atoms with Crippen LogP contribution in [-0.4, -0.2) is 60.0 Å². The van der Waals surface area contributed by atoms with Crippen LogP contribution in [0.1, 0.15) is 41.2 Å². The van der Waals surface area contributed by atoms with E-state index in [9.17, 15) is 4.79 Å². The lowest BCUT2D eigenvalue weighted by atomic mass is 10.0. The molecule has 1 aromatic rings. The number of carbonyl (C=O) groups is 1. The van der Waals surface area contributed by atoms with Gasteiger partial charge in [0.25, 0.3) is 5.91 Å². The lowest BCUT2D eigenvalue weighted by Crippen LogP contribution is -2.47. The molecule has 2 fully saturated rings. The van der Waals surface area contributed by atoms with E-state index >= 15 is 0 Å². The zero-order chi connectivity index (χ0) is 14.8. The molecule has 0 aromatic carbocycles. The largest absolute Gasteiger partial charge is 0.378 e. The van der Waals surface area contributed by atoms with E-state index in [1.165, 1.54) is 24.2 Å². The summed E-state index contributed by atoms with van der Waals surface area (Å²) in [5.74, 6) is 0.0939. The minimum atomic E-state index is 0.0939. The Balaban J connectivity index is 1.73. The molecule has 0 saturated carbocycles. The smallest absolute Gasteiger partial charge is 0.273 e. The van der Waals surface area contributed by atoms with Crippen LogP contribution in [0.15, 0.2) is 5.38 Å². The summed E-state index contributed by atoms with van der Waals surface area (Å²) >= 11 is 1.50. The average Bonchev–Trinajstić information content (AvgIpc) is 3.17. The van der Waals surface area contributed by atoms with E-state index in [1.807, 2.05) is 5.38 Å². The fraction of sp³-hybridized carbons (Fsp3) is 0.733. The predicted octanol–water partition coefficient (Wildman–Crippen LogP) is 1.99. The molecule has 0 spiro atoms. The number of hydrogen-bond acceptors (Lipinski definition) is 5. The number of carbonyl (C=O) groups excluding carboxylic acids is 1. The standard InChI is InChI=1S/C15H23N3O2S/c1-17-7-3-5-12(17)13-6-4-8-18(13)15(19)11-10-21-14(16-11)9-20-2/h10,12-13H,3-9H2,1-2H3/t12-,13+/m1/s1. The van der Waals surface area contributed by atoms with Crippen LogP contribution in [0.5, 0.6) is 0 Å². The number of methoxy groups -OCH3 is 1. The normalized spacial score (nSPS) is 26.7. The molecule has 2 saturated heterocycles. The summed E-state index contributed by atoms with van der Waals surface area (Å²) in [5.41, 5.74) is 0.583. The van der Waals surface area contributed by atoms with Crippen molar-refractivity contribution in [1.82, 2.24) is 14.8 Å². The van der Waals surface area contributed by atoms with Gasteiger partial charge in [-0.05, 0) is 39.3 Å². The van der Waals surface area contributed by atoms with Crippen molar-refractivity contribution in [3.63, 3.8) is 0 Å². The molecule has 2 aliphatic heterocycles. The molecule has 0 aliphatic carbocycles. The van der Waals surface area contributed by atoms with Crippen molar-refractivity contribution in [3.05, 3.63) is 16.1 Å². The van der Waals surface area contributed by atoms with E-state index in [-0.39, 0.29) is 5.91 Å². The van der Waals surface area contributed by atoms with Crippen molar-refractivity contribution >= 4 is 17.2 Å². The highest BCUT2D eigenvalue weighted by Gasteiger charge is 2.39. The molecule has 6 heteroatoms. The number of thiazole rings is 1. The number of likely N-dealkylation sites (N-methyl/N-ethyl adjacent to an activating group) is 1. The molecule has 0 radical (unpaired) electrons. The van der Waals surface area contributed by atoms with Gasteiger partial charge in [-0.15, -0.1) is 11.3 Å². The van der Waals surface area contributed by atoms with Gasteiger partial charge in [-0.2, -0.15) is 0 Å². The highest BCUT2D eigenvalue weighted by molar-refractivity contribution is 7.09. The summed E-state index contributed by atoms with van der Waals surface area (Å²) < 4.78 is 5.08. The summed E-state index contributed by atoms with van der Waals surface area (Å²) in [7, 11) is 3.83. The maximum absolute atomic E-state index is 12.7. The minimum Gasteiger partial charge on any atom is -0.378 e. The fourth-order valence-corrected chi connectivity index (χ4v) is 4.35. The first-order chi connectivity index (χ1) is 10.2. The van der Waals surface area contributed by atoms with Crippen LogP contribution in [0, 0.1) is 0 Å². The van der Waals surface area contributed by atoms with Gasteiger partial charge in [0.2, 0.25) is 0 Å². The van der Waals surface area contributed by atoms with Crippen molar-refractivity contribution in [2.24, 2.45) is 0 Å². The van der Waals surface area contributed by atoms with Crippen LogP contribution >= 0.6 is 11.3 Å². The molecule has 2 aliphatic rings. The number of nitrogens with zero attached hydrogens (tertiary/aromatic N) is 3. The van der Waals surface area contributed by atoms with Gasteiger partial charge < -0.3 is 14.5 Å². The Bertz CT molecular complexity index is 505. The molecule has 0 unspecified atom stereocenters. The SMILES string of the molecule is COCc1nc(C(=O)N2CCC[C@H]2[C@H]2CCCN2C)cs1. The highest BCUT2D eigenvalue weighted by atomic mass is 32.1. The quantitative estimate of drug-likeness (QED) is 0.853. The molecule has 0 bridgehead atoms. The summed E-state index contributed by atoms with van der Waals surface area (Å²) in [6.45, 7) is 2.50. The topological polar surface area (TPSA) is 45.7 Å². The molecule has 1 aromatic heterocycles. The maximum Gasteiger partial charge on any atom is 0.273 e. The zero-order valence-electron chi connectivity index (χ0n) is 12.7. The predicted molar refractivity (Wildman–Crippen MR) is 82.5 cm³/mol. The van der Waals surface area contributed by atoms with Crippen molar-refractivity contribution in [1.29, 1.82) is 0 Å². The third-order valence-corrected chi connectivity index (χ3v) is 5.44. The Labute approximate surface area is 129 Å². The van der Waals surface area contributed by atoms with Gasteiger partial charge >= 0.3 is 0 Å². The molecular formula is C15H23N3O2S. The molecule has 3 heterocycles. The van der Waals surface area contributed by atoms with E-state index < -0.39 is 0 Å². The van der Waals surface area contributed by atoms with Crippen LogP contribution in [0.4, 0.5) is 0 Å². The van der Waals surface area contributed by atoms with Gasteiger partial charge in [0.05, 0.1) is 6.61 Å². The molecule has 21 heavy (non-hydrogen) atoms. The first-order valence-electron chi connectivity index (χ1n) is 7.65. The second kappa shape index (κ2) is 6.42. The van der Waals surface area contributed by atoms with E-state index in [1.54, 1.807) is 7.11 Å². The molecule has 5 nitrogen and oxygen atoms in total. The monoisotopic (exact) mass is 309 g/mol. The van der Waals surface area contributed by atoms with Crippen molar-refractivity contribution in [3.8, 4) is 0 Å². The fourth-order valence-electron chi connectivity index (χ4n) is 3.61. The van der Waals surface area contributed by atoms with Crippen LogP contribution in [0.2, 0.25) is 0 Å². The number of ether oxygens (including phenoxy) is 1. The number of aromatic nitrogens is 1. The Kier molecular flexibility index (Phi) is 4.57. The third-order valence-electron chi connectivity index (χ3n) is 4.62. The van der Waals surface area contributed by atoms with Crippen LogP contribution in [0.3, 0.4) is 0 Å². The number of amides is 1. The Hall–Kier alpha value is -0.980. The summed E-state index contributed by atoms with van der Waals surface area (Å²) in [4.78, 5) is 21.6. The minimum absolute atomic E-state index is 0.0939. The molecule has 116 valence electrons. The first-order valence-corrected chi connectivity index (χ1v) is 8.53. The van der Waals surface area contributed by atoms with Gasteiger partial charge in [0.1, 0.15) is 10.7 Å². The van der Waals surface area contributed by atoms with Crippen LogP contribution in [-0.2, 0) is 11.3 Å². The van der Waals surface area contributed by atoms with Crippen LogP contribution in [0.25, 0.3) is 0 Å². The molecule has 1 amide bonds. The van der Waals surface area contributed by atoms with Gasteiger partial charge in [-0.1, -0.05) is 0 Å². The second-order valence-electron chi connectivity index (χ2n) is 5.96. The van der Waals surface area contributed by atoms with E-state index in [0.29, 0.717) is 24.4 Å². The van der Waals surface area contributed by atoms with E-state index in [2.05, 4.69) is 21.8 Å². The van der Waals surface area contributed by atoms with Gasteiger partial charge in [0, 0.05) is 31.1 Å². The Morgan fingerprint density at radius 1 is 1.38 bits per heavy atom. The molecule has 0 N–H and O–H groups in total. The highest BCUT2D eigenvalue weighted by Crippen LogP contribution is 2.30. The third kappa shape index (κ3) is 2.98. The Morgan fingerprint density at radius 2 is 2.14 bits per heavy atom. The van der Waals surface area contributed by atoms with Gasteiger partial charge in [-0.25, -0.2) is 4.98 Å². The maximum atomic E-state index is 12.7. The summed E-state index contributed by atoms with van der Waals surface area (Å²) in [6, 6.07) is 0.881. The Morgan fingerprint density at radius 3 is 2.86 bits per heavy atom. The number of hydrogen-bond donors (Lipinski definition) is 0. The second-order valence-corrected chi connectivity index (χ2v) is 6.90. The number of likely N-dealkylation sites (tertiary alicyclic amines) is 2. The molecular weight excluding hydrogens is 286 g/mol. The van der Waals surface area contributed by atoms with Gasteiger partial charge in [-0.3, -0.25) is 4.79 Å². The van der Waals surface area contributed by atoms with E-state index in [4.69, 9.17) is 4.74 Å². The molecule has 2 atom stereocenters. The van der Waals surface area contributed by atoms with Crippen molar-refractivity contribution in [2.75, 3.05) is 27.2 Å². The average molecular weight is 309 g/mol. The molecule has 3 rings (SSSR count). The summed E-state index contributed by atoms with van der Waals surface area (Å²) in [5, 5.41) is 2.74. The van der Waals surface area contributed by atoms with E-state index in [0.717, 1.165) is 30.9 Å². The zero-order valence-corrected chi connectivity index (χ0v) is 13.6.